The van der Waals surface area contributed by atoms with Crippen molar-refractivity contribution in [3.63, 3.8) is 0 Å². The van der Waals surface area contributed by atoms with Crippen LogP contribution in [-0.4, -0.2) is 21.5 Å². The van der Waals surface area contributed by atoms with Crippen molar-refractivity contribution in [1.29, 1.82) is 0 Å². The molecule has 0 radical (unpaired) electrons. The number of fused-ring (bicyclic) bond motifs is 1. The molecule has 0 saturated carbocycles. The van der Waals surface area contributed by atoms with Crippen LogP contribution in [0.3, 0.4) is 0 Å². The monoisotopic (exact) mass is 242 g/mol. The predicted octanol–water partition coefficient (Wildman–Crippen LogP) is 1.10. The minimum absolute atomic E-state index is 0.0387. The summed E-state index contributed by atoms with van der Waals surface area (Å²) < 4.78 is 1.85. The van der Waals surface area contributed by atoms with Crippen molar-refractivity contribution in [2.75, 3.05) is 0 Å². The van der Waals surface area contributed by atoms with Crippen LogP contribution in [0.1, 0.15) is 5.56 Å². The van der Waals surface area contributed by atoms with Gasteiger partial charge in [-0.3, -0.25) is 14.9 Å². The Morgan fingerprint density at radius 3 is 2.56 bits per heavy atom. The van der Waals surface area contributed by atoms with Crippen LogP contribution in [0, 0.1) is 0 Å². The number of hydrogen-bond acceptors (Lipinski definition) is 3. The van der Waals surface area contributed by atoms with Crippen molar-refractivity contribution in [2.45, 2.75) is 0 Å². The Bertz CT molecular complexity index is 725. The number of aromatic nitrogens is 1. The van der Waals surface area contributed by atoms with Crippen LogP contribution < -0.4 is 5.32 Å². The molecule has 2 N–H and O–H groups in total. The van der Waals surface area contributed by atoms with Gasteiger partial charge in [0.05, 0.1) is 5.57 Å². The van der Waals surface area contributed by atoms with Gasteiger partial charge in [-0.2, -0.15) is 0 Å². The Balaban J connectivity index is 2.34. The summed E-state index contributed by atoms with van der Waals surface area (Å²) in [7, 11) is 1.85. The lowest BCUT2D eigenvalue weighted by atomic mass is 10.0. The second-order valence-electron chi connectivity index (χ2n) is 4.18. The smallest absolute Gasteiger partial charge is 0.293 e. The lowest BCUT2D eigenvalue weighted by Crippen LogP contribution is -2.22. The van der Waals surface area contributed by atoms with Crippen molar-refractivity contribution >= 4 is 28.3 Å². The molecule has 0 bridgehead atoms. The number of nitrogens with one attached hydrogen (secondary N) is 1. The maximum atomic E-state index is 11.7. The first-order valence-electron chi connectivity index (χ1n) is 5.43. The second-order valence-corrected chi connectivity index (χ2v) is 4.18. The number of para-hydroxylation sites is 1. The summed E-state index contributed by atoms with van der Waals surface area (Å²) in [6, 6.07) is 7.49. The molecule has 1 aliphatic rings. The third-order valence-corrected chi connectivity index (χ3v) is 3.07. The Morgan fingerprint density at radius 2 is 1.89 bits per heavy atom. The lowest BCUT2D eigenvalue weighted by Gasteiger charge is -1.97. The van der Waals surface area contributed by atoms with Gasteiger partial charge in [0, 0.05) is 29.7 Å². The van der Waals surface area contributed by atoms with Gasteiger partial charge in [0.2, 0.25) is 0 Å². The van der Waals surface area contributed by atoms with Crippen LogP contribution in [-0.2, 0) is 16.6 Å². The van der Waals surface area contributed by atoms with E-state index in [-0.39, 0.29) is 5.57 Å². The van der Waals surface area contributed by atoms with Crippen molar-refractivity contribution in [3.8, 4) is 0 Å². The summed E-state index contributed by atoms with van der Waals surface area (Å²) in [5.74, 6) is -1.83. The highest BCUT2D eigenvalue weighted by molar-refractivity contribution is 6.36. The van der Waals surface area contributed by atoms with E-state index < -0.39 is 17.6 Å². The van der Waals surface area contributed by atoms with Gasteiger partial charge in [0.15, 0.2) is 5.76 Å². The molecule has 2 aromatic rings. The van der Waals surface area contributed by atoms with E-state index in [2.05, 4.69) is 5.32 Å². The highest BCUT2D eigenvalue weighted by Crippen LogP contribution is 2.30. The summed E-state index contributed by atoms with van der Waals surface area (Å²) >= 11 is 0. The number of aryl methyl sites for hydroxylation is 1. The number of amides is 2. The third kappa shape index (κ3) is 1.27. The lowest BCUT2D eigenvalue weighted by molar-refractivity contribution is -0.124. The number of aliphatic hydroxyl groups excluding tert-OH is 1. The fourth-order valence-corrected chi connectivity index (χ4v) is 2.24. The zero-order valence-corrected chi connectivity index (χ0v) is 9.60. The molecular weight excluding hydrogens is 232 g/mol. The molecule has 18 heavy (non-hydrogen) atoms. The van der Waals surface area contributed by atoms with Gasteiger partial charge < -0.3 is 9.67 Å². The van der Waals surface area contributed by atoms with Crippen molar-refractivity contribution in [2.24, 2.45) is 7.05 Å². The highest BCUT2D eigenvalue weighted by Gasteiger charge is 2.32. The standard InChI is InChI=1S/C13H10N2O3/c1-15-6-8(7-4-2-3-5-9(7)15)10-11(16)13(18)14-12(10)17/h2-6H,1H3,(H2,14,16,17,18). The molecule has 0 saturated heterocycles. The van der Waals surface area contributed by atoms with Crippen molar-refractivity contribution in [1.82, 2.24) is 9.88 Å². The van der Waals surface area contributed by atoms with Gasteiger partial charge >= 0.3 is 0 Å². The van der Waals surface area contributed by atoms with E-state index in [9.17, 15) is 14.7 Å². The average molecular weight is 242 g/mol. The quantitative estimate of drug-likeness (QED) is 0.736. The first-order chi connectivity index (χ1) is 8.59. The zero-order valence-electron chi connectivity index (χ0n) is 9.60. The van der Waals surface area contributed by atoms with Crippen molar-refractivity contribution in [3.05, 3.63) is 41.8 Å². The summed E-state index contributed by atoms with van der Waals surface area (Å²) in [6.07, 6.45) is 1.73. The molecule has 0 unspecified atom stereocenters. The predicted molar refractivity (Wildman–Crippen MR) is 65.6 cm³/mol. The van der Waals surface area contributed by atoms with Crippen LogP contribution in [0.5, 0.6) is 0 Å². The van der Waals surface area contributed by atoms with Gasteiger partial charge in [-0.1, -0.05) is 18.2 Å². The highest BCUT2D eigenvalue weighted by atomic mass is 16.3. The normalized spacial score (nSPS) is 15.6. The number of benzene rings is 1. The molecule has 5 nitrogen and oxygen atoms in total. The summed E-state index contributed by atoms with van der Waals surface area (Å²) in [5, 5.41) is 12.6. The molecule has 2 heterocycles. The molecule has 2 amide bonds. The largest absolute Gasteiger partial charge is 0.502 e. The van der Waals surface area contributed by atoms with E-state index >= 15 is 0 Å². The third-order valence-electron chi connectivity index (χ3n) is 3.07. The van der Waals surface area contributed by atoms with Gasteiger partial charge in [-0.25, -0.2) is 0 Å². The molecule has 3 rings (SSSR count). The van der Waals surface area contributed by atoms with Gasteiger partial charge in [0.1, 0.15) is 0 Å². The topological polar surface area (TPSA) is 71.3 Å². The van der Waals surface area contributed by atoms with E-state index in [1.807, 2.05) is 35.9 Å². The fourth-order valence-electron chi connectivity index (χ4n) is 2.24. The number of nitrogens with zero attached hydrogens (tertiary/aromatic N) is 1. The Hall–Kier alpha value is -2.56. The minimum Gasteiger partial charge on any atom is -0.502 e. The van der Waals surface area contributed by atoms with E-state index in [0.29, 0.717) is 5.56 Å². The van der Waals surface area contributed by atoms with Crippen LogP contribution >= 0.6 is 0 Å². The van der Waals surface area contributed by atoms with E-state index in [1.165, 1.54) is 0 Å². The molecule has 1 aromatic heterocycles. The maximum absolute atomic E-state index is 11.7. The molecular formula is C13H10N2O3. The van der Waals surface area contributed by atoms with Gasteiger partial charge in [-0.05, 0) is 6.07 Å². The molecule has 5 heteroatoms. The fraction of sp³-hybridized carbons (Fsp3) is 0.0769. The zero-order chi connectivity index (χ0) is 12.9. The summed E-state index contributed by atoms with van der Waals surface area (Å²) in [5.41, 5.74) is 1.53. The van der Waals surface area contributed by atoms with Crippen molar-refractivity contribution < 1.29 is 14.7 Å². The summed E-state index contributed by atoms with van der Waals surface area (Å²) in [4.78, 5) is 23.0. The molecule has 0 aliphatic carbocycles. The van der Waals surface area contributed by atoms with Crippen LogP contribution in [0.15, 0.2) is 36.2 Å². The number of rotatable bonds is 1. The first-order valence-corrected chi connectivity index (χ1v) is 5.43. The maximum Gasteiger partial charge on any atom is 0.293 e. The van der Waals surface area contributed by atoms with E-state index in [0.717, 1.165) is 10.9 Å². The van der Waals surface area contributed by atoms with Gasteiger partial charge in [0.25, 0.3) is 11.8 Å². The minimum atomic E-state index is -0.747. The SMILES string of the molecule is Cn1cc(C2=C(O)C(=O)NC2=O)c2ccccc21. The average Bonchev–Trinajstić information content (AvgIpc) is 2.79. The second kappa shape index (κ2) is 3.46. The Morgan fingerprint density at radius 1 is 1.17 bits per heavy atom. The molecule has 0 fully saturated rings. The molecule has 0 atom stereocenters. The molecule has 90 valence electrons. The first kappa shape index (κ1) is 10.6. The summed E-state index contributed by atoms with van der Waals surface area (Å²) in [6.45, 7) is 0. The Labute approximate surface area is 102 Å². The number of carbonyl (C=O) groups excluding carboxylic acids is 2. The molecule has 1 aliphatic heterocycles. The molecule has 0 spiro atoms. The number of carbonyl (C=O) groups is 2. The van der Waals surface area contributed by atoms with E-state index in [4.69, 9.17) is 0 Å². The van der Waals surface area contributed by atoms with Crippen LogP contribution in [0.4, 0.5) is 0 Å². The molecule has 1 aromatic carbocycles. The van der Waals surface area contributed by atoms with Crippen LogP contribution in [0.25, 0.3) is 16.5 Å². The van der Waals surface area contributed by atoms with Gasteiger partial charge in [-0.15, -0.1) is 0 Å². The number of aliphatic hydroxyl groups is 1. The Kier molecular flexibility index (Phi) is 2.04. The van der Waals surface area contributed by atoms with E-state index in [1.54, 1.807) is 6.20 Å². The number of imide groups is 1. The number of hydrogen-bond donors (Lipinski definition) is 2. The van der Waals surface area contributed by atoms with Crippen LogP contribution in [0.2, 0.25) is 0 Å².